The molecule has 2 aliphatic rings. The van der Waals surface area contributed by atoms with Crippen LogP contribution in [0.25, 0.3) is 11.3 Å². The fourth-order valence-electron chi connectivity index (χ4n) is 3.65. The van der Waals surface area contributed by atoms with E-state index in [4.69, 9.17) is 21.1 Å². The van der Waals surface area contributed by atoms with Gasteiger partial charge in [0.05, 0.1) is 16.3 Å². The van der Waals surface area contributed by atoms with Crippen molar-refractivity contribution in [1.82, 2.24) is 15.1 Å². The number of ether oxygens (including phenoxy) is 2. The van der Waals surface area contributed by atoms with E-state index in [0.717, 1.165) is 28.6 Å². The molecule has 2 aliphatic heterocycles. The molecule has 3 heterocycles. The monoisotopic (exact) mass is 422 g/mol. The van der Waals surface area contributed by atoms with Crippen molar-refractivity contribution in [1.29, 1.82) is 0 Å². The fraction of sp³-hybridized carbons (Fsp3) is 0.227. The number of hydrogen-bond acceptors (Lipinski definition) is 6. The number of hydrogen-bond donors (Lipinski definition) is 0. The second kappa shape index (κ2) is 7.84. The second-order valence-electron chi connectivity index (χ2n) is 7.10. The average molecular weight is 423 g/mol. The Morgan fingerprint density at radius 3 is 2.47 bits per heavy atom. The Labute approximate surface area is 178 Å². The van der Waals surface area contributed by atoms with Crippen LogP contribution in [0.15, 0.2) is 54.6 Å². The lowest BCUT2D eigenvalue weighted by Crippen LogP contribution is -2.49. The van der Waals surface area contributed by atoms with Crippen LogP contribution in [0, 0.1) is 0 Å². The molecule has 2 aromatic carbocycles. The van der Waals surface area contributed by atoms with Gasteiger partial charge in [0.15, 0.2) is 17.3 Å². The quantitative estimate of drug-likeness (QED) is 0.643. The maximum absolute atomic E-state index is 12.7. The molecular weight excluding hydrogens is 404 g/mol. The van der Waals surface area contributed by atoms with Gasteiger partial charge in [0.1, 0.15) is 0 Å². The first-order valence-corrected chi connectivity index (χ1v) is 10.1. The highest BCUT2D eigenvalue weighted by Gasteiger charge is 2.24. The van der Waals surface area contributed by atoms with E-state index in [0.29, 0.717) is 36.8 Å². The van der Waals surface area contributed by atoms with Crippen molar-refractivity contribution < 1.29 is 14.3 Å². The predicted octanol–water partition coefficient (Wildman–Crippen LogP) is 3.49. The van der Waals surface area contributed by atoms with Crippen molar-refractivity contribution in [2.24, 2.45) is 0 Å². The Bertz CT molecular complexity index is 1080. The summed E-state index contributed by atoms with van der Waals surface area (Å²) in [6.07, 6.45) is 0. The molecule has 3 aromatic rings. The summed E-state index contributed by atoms with van der Waals surface area (Å²) >= 11 is 6.17. The third-order valence-electron chi connectivity index (χ3n) is 5.31. The summed E-state index contributed by atoms with van der Waals surface area (Å²) in [6.45, 7) is 2.84. The topological polar surface area (TPSA) is 67.8 Å². The molecule has 1 saturated heterocycles. The Balaban J connectivity index is 1.24. The summed E-state index contributed by atoms with van der Waals surface area (Å²) in [4.78, 5) is 16.7. The van der Waals surface area contributed by atoms with E-state index in [9.17, 15) is 4.79 Å². The van der Waals surface area contributed by atoms with Gasteiger partial charge in [0.2, 0.25) is 6.79 Å². The fourth-order valence-corrected chi connectivity index (χ4v) is 3.86. The SMILES string of the molecule is O=C(c1ccccc1Cl)N1CCN(c2ccc(-c3ccc4c(c3)OCO4)nn2)CC1. The van der Waals surface area contributed by atoms with E-state index >= 15 is 0 Å². The highest BCUT2D eigenvalue weighted by Crippen LogP contribution is 2.35. The lowest BCUT2D eigenvalue weighted by Gasteiger charge is -2.35. The molecule has 0 saturated carbocycles. The number of anilines is 1. The molecule has 0 radical (unpaired) electrons. The molecule has 5 rings (SSSR count). The van der Waals surface area contributed by atoms with Gasteiger partial charge in [0, 0.05) is 31.7 Å². The molecule has 152 valence electrons. The second-order valence-corrected chi connectivity index (χ2v) is 7.51. The first-order chi connectivity index (χ1) is 14.7. The minimum atomic E-state index is -0.0375. The molecular formula is C22H19ClN4O3. The van der Waals surface area contributed by atoms with E-state index in [2.05, 4.69) is 15.1 Å². The summed E-state index contributed by atoms with van der Waals surface area (Å²) in [5.74, 6) is 2.22. The molecule has 0 aliphatic carbocycles. The van der Waals surface area contributed by atoms with Gasteiger partial charge < -0.3 is 19.3 Å². The highest BCUT2D eigenvalue weighted by molar-refractivity contribution is 6.33. The zero-order valence-electron chi connectivity index (χ0n) is 16.1. The van der Waals surface area contributed by atoms with E-state index in [1.165, 1.54) is 0 Å². The van der Waals surface area contributed by atoms with Gasteiger partial charge in [-0.3, -0.25) is 4.79 Å². The lowest BCUT2D eigenvalue weighted by atomic mass is 10.1. The van der Waals surface area contributed by atoms with Gasteiger partial charge >= 0.3 is 0 Å². The molecule has 0 N–H and O–H groups in total. The summed E-state index contributed by atoms with van der Waals surface area (Å²) < 4.78 is 10.8. The van der Waals surface area contributed by atoms with Crippen molar-refractivity contribution in [3.63, 3.8) is 0 Å². The Morgan fingerprint density at radius 2 is 1.70 bits per heavy atom. The van der Waals surface area contributed by atoms with Crippen LogP contribution >= 0.6 is 11.6 Å². The third kappa shape index (κ3) is 3.52. The molecule has 1 aromatic heterocycles. The zero-order chi connectivity index (χ0) is 20.5. The minimum Gasteiger partial charge on any atom is -0.454 e. The first kappa shape index (κ1) is 18.7. The molecule has 0 spiro atoms. The highest BCUT2D eigenvalue weighted by atomic mass is 35.5. The number of carbonyl (C=O) groups excluding carboxylic acids is 1. The van der Waals surface area contributed by atoms with E-state index in [1.54, 1.807) is 12.1 Å². The Morgan fingerprint density at radius 1 is 0.900 bits per heavy atom. The van der Waals surface area contributed by atoms with Crippen LogP contribution < -0.4 is 14.4 Å². The number of halogens is 1. The molecule has 0 bridgehead atoms. The molecule has 0 unspecified atom stereocenters. The summed E-state index contributed by atoms with van der Waals surface area (Å²) in [5.41, 5.74) is 2.23. The van der Waals surface area contributed by atoms with Crippen molar-refractivity contribution in [2.75, 3.05) is 37.9 Å². The van der Waals surface area contributed by atoms with Crippen molar-refractivity contribution >= 4 is 23.3 Å². The maximum atomic E-state index is 12.7. The van der Waals surface area contributed by atoms with Crippen LogP contribution in [0.5, 0.6) is 11.5 Å². The average Bonchev–Trinajstić information content (AvgIpc) is 3.27. The molecule has 30 heavy (non-hydrogen) atoms. The summed E-state index contributed by atoms with van der Waals surface area (Å²) in [6, 6.07) is 16.8. The number of amides is 1. The smallest absolute Gasteiger partial charge is 0.255 e. The van der Waals surface area contributed by atoms with Crippen molar-refractivity contribution in [3.05, 3.63) is 65.2 Å². The molecule has 1 fully saturated rings. The van der Waals surface area contributed by atoms with Gasteiger partial charge in [-0.2, -0.15) is 0 Å². The van der Waals surface area contributed by atoms with Crippen LogP contribution in [0.1, 0.15) is 10.4 Å². The third-order valence-corrected chi connectivity index (χ3v) is 5.64. The first-order valence-electron chi connectivity index (χ1n) is 9.71. The minimum absolute atomic E-state index is 0.0375. The number of aromatic nitrogens is 2. The Hall–Kier alpha value is -3.32. The summed E-state index contributed by atoms with van der Waals surface area (Å²) in [7, 11) is 0. The predicted molar refractivity (Wildman–Crippen MR) is 113 cm³/mol. The maximum Gasteiger partial charge on any atom is 0.255 e. The zero-order valence-corrected chi connectivity index (χ0v) is 16.9. The van der Waals surface area contributed by atoms with Crippen LogP contribution in [-0.4, -0.2) is 54.0 Å². The molecule has 7 nitrogen and oxygen atoms in total. The van der Waals surface area contributed by atoms with Crippen molar-refractivity contribution in [2.45, 2.75) is 0 Å². The number of carbonyl (C=O) groups is 1. The van der Waals surface area contributed by atoms with Crippen LogP contribution in [-0.2, 0) is 0 Å². The van der Waals surface area contributed by atoms with Crippen LogP contribution in [0.2, 0.25) is 5.02 Å². The van der Waals surface area contributed by atoms with E-state index in [-0.39, 0.29) is 12.7 Å². The van der Waals surface area contributed by atoms with E-state index in [1.807, 2.05) is 47.4 Å². The lowest BCUT2D eigenvalue weighted by molar-refractivity contribution is 0.0746. The number of rotatable bonds is 3. The van der Waals surface area contributed by atoms with Gasteiger partial charge in [-0.15, -0.1) is 10.2 Å². The number of piperazine rings is 1. The van der Waals surface area contributed by atoms with Gasteiger partial charge in [-0.25, -0.2) is 0 Å². The number of benzene rings is 2. The van der Waals surface area contributed by atoms with Gasteiger partial charge in [0.25, 0.3) is 5.91 Å². The molecule has 1 amide bonds. The van der Waals surface area contributed by atoms with E-state index < -0.39 is 0 Å². The van der Waals surface area contributed by atoms with Gasteiger partial charge in [-0.1, -0.05) is 23.7 Å². The van der Waals surface area contributed by atoms with Crippen molar-refractivity contribution in [3.8, 4) is 22.8 Å². The number of nitrogens with zero attached hydrogens (tertiary/aromatic N) is 4. The van der Waals surface area contributed by atoms with Gasteiger partial charge in [-0.05, 0) is 42.5 Å². The standard InChI is InChI=1S/C22H19ClN4O3/c23-17-4-2-1-3-16(17)22(28)27-11-9-26(10-12-27)21-8-6-18(24-25-21)15-5-7-19-20(13-15)30-14-29-19/h1-8,13H,9-12,14H2. The normalized spacial score (nSPS) is 15.4. The van der Waals surface area contributed by atoms with Crippen LogP contribution in [0.3, 0.4) is 0 Å². The van der Waals surface area contributed by atoms with Crippen LogP contribution in [0.4, 0.5) is 5.82 Å². The number of fused-ring (bicyclic) bond motifs is 1. The molecule has 0 atom stereocenters. The largest absolute Gasteiger partial charge is 0.454 e. The molecule has 8 heteroatoms. The summed E-state index contributed by atoms with van der Waals surface area (Å²) in [5, 5.41) is 9.25. The Kier molecular flexibility index (Phi) is 4.88.